The number of rotatable bonds is 4. The van der Waals surface area contributed by atoms with Gasteiger partial charge < -0.3 is 9.64 Å². The molecule has 3 rings (SSSR count). The van der Waals surface area contributed by atoms with E-state index in [1.165, 1.54) is 5.56 Å². The Hall–Kier alpha value is -2.29. The van der Waals surface area contributed by atoms with Gasteiger partial charge >= 0.3 is 0 Å². The Bertz CT molecular complexity index is 636. The van der Waals surface area contributed by atoms with E-state index in [2.05, 4.69) is 0 Å². The van der Waals surface area contributed by atoms with Crippen molar-refractivity contribution in [3.63, 3.8) is 0 Å². The number of ether oxygens (including phenoxy) is 1. The Morgan fingerprint density at radius 1 is 1.15 bits per heavy atom. The smallest absolute Gasteiger partial charge is 0.231 e. The number of amides is 1. The molecule has 0 aromatic heterocycles. The van der Waals surface area contributed by atoms with Gasteiger partial charge in [-0.2, -0.15) is 0 Å². The molecular formula is C17H17NO2. The molecule has 1 aliphatic rings. The summed E-state index contributed by atoms with van der Waals surface area (Å²) >= 11 is 0. The van der Waals surface area contributed by atoms with Crippen LogP contribution >= 0.6 is 0 Å². The van der Waals surface area contributed by atoms with E-state index in [9.17, 15) is 4.79 Å². The van der Waals surface area contributed by atoms with Crippen LogP contribution in [0, 0.1) is 6.92 Å². The monoisotopic (exact) mass is 267 g/mol. The summed E-state index contributed by atoms with van der Waals surface area (Å²) in [6.07, 6.45) is 0.501. The van der Waals surface area contributed by atoms with Gasteiger partial charge in [0.15, 0.2) is 0 Å². The topological polar surface area (TPSA) is 29.5 Å². The Balaban J connectivity index is 1.63. The van der Waals surface area contributed by atoms with Gasteiger partial charge in [0.05, 0.1) is 13.0 Å². The predicted octanol–water partition coefficient (Wildman–Crippen LogP) is 2.96. The van der Waals surface area contributed by atoms with Crippen molar-refractivity contribution in [3.8, 4) is 5.75 Å². The fourth-order valence-electron chi connectivity index (χ4n) is 2.52. The second-order valence-electron chi connectivity index (χ2n) is 5.02. The Morgan fingerprint density at radius 3 is 2.85 bits per heavy atom. The molecule has 1 amide bonds. The van der Waals surface area contributed by atoms with Crippen molar-refractivity contribution in [2.45, 2.75) is 13.3 Å². The number of para-hydroxylation sites is 1. The molecule has 0 N–H and O–H groups in total. The number of anilines is 1. The molecule has 1 aliphatic heterocycles. The quantitative estimate of drug-likeness (QED) is 0.852. The van der Waals surface area contributed by atoms with Crippen LogP contribution in [0.1, 0.15) is 11.1 Å². The summed E-state index contributed by atoms with van der Waals surface area (Å²) in [7, 11) is 0. The fraction of sp³-hybridized carbons (Fsp3) is 0.235. The molecule has 0 spiro atoms. The maximum absolute atomic E-state index is 12.0. The Morgan fingerprint density at radius 2 is 2.00 bits per heavy atom. The maximum Gasteiger partial charge on any atom is 0.231 e. The van der Waals surface area contributed by atoms with E-state index in [1.807, 2.05) is 60.4 Å². The first kappa shape index (κ1) is 12.7. The third-order valence-electron chi connectivity index (χ3n) is 3.50. The molecule has 0 fully saturated rings. The van der Waals surface area contributed by atoms with Crippen molar-refractivity contribution in [2.24, 2.45) is 0 Å². The summed E-state index contributed by atoms with van der Waals surface area (Å²) in [6.45, 7) is 3.13. The largest absolute Gasteiger partial charge is 0.492 e. The van der Waals surface area contributed by atoms with Crippen LogP contribution < -0.4 is 9.64 Å². The summed E-state index contributed by atoms with van der Waals surface area (Å²) in [5, 5.41) is 0. The summed E-state index contributed by atoms with van der Waals surface area (Å²) in [6, 6.07) is 15.9. The number of benzene rings is 2. The summed E-state index contributed by atoms with van der Waals surface area (Å²) in [5.41, 5.74) is 3.29. The maximum atomic E-state index is 12.0. The second kappa shape index (κ2) is 5.37. The van der Waals surface area contributed by atoms with Gasteiger partial charge in [0.1, 0.15) is 12.4 Å². The Kier molecular flexibility index (Phi) is 3.42. The van der Waals surface area contributed by atoms with Crippen molar-refractivity contribution in [1.29, 1.82) is 0 Å². The molecule has 1 heterocycles. The first-order chi connectivity index (χ1) is 9.74. The van der Waals surface area contributed by atoms with E-state index < -0.39 is 0 Å². The molecule has 0 saturated heterocycles. The summed E-state index contributed by atoms with van der Waals surface area (Å²) in [5.74, 6) is 1.00. The molecule has 0 saturated carbocycles. The minimum absolute atomic E-state index is 0.152. The number of fused-ring (bicyclic) bond motifs is 1. The third kappa shape index (κ3) is 2.52. The summed E-state index contributed by atoms with van der Waals surface area (Å²) in [4.78, 5) is 13.8. The minimum Gasteiger partial charge on any atom is -0.492 e. The molecule has 2 aromatic carbocycles. The number of hydrogen-bond donors (Lipinski definition) is 0. The average Bonchev–Trinajstić information content (AvgIpc) is 2.75. The van der Waals surface area contributed by atoms with Gasteiger partial charge in [-0.25, -0.2) is 0 Å². The fourth-order valence-corrected chi connectivity index (χ4v) is 2.52. The van der Waals surface area contributed by atoms with Gasteiger partial charge in [-0.1, -0.05) is 30.3 Å². The number of aryl methyl sites for hydroxylation is 1. The zero-order valence-electron chi connectivity index (χ0n) is 11.5. The molecule has 3 heteroatoms. The van der Waals surface area contributed by atoms with Gasteiger partial charge in [-0.15, -0.1) is 0 Å². The van der Waals surface area contributed by atoms with Crippen molar-refractivity contribution < 1.29 is 9.53 Å². The highest BCUT2D eigenvalue weighted by Gasteiger charge is 2.26. The highest BCUT2D eigenvalue weighted by Crippen LogP contribution is 2.28. The standard InChI is InChI=1S/C17H17NO2/c1-13-5-4-7-15(11-13)20-10-9-18-16-8-3-2-6-14(16)12-17(18)19/h2-8,11H,9-10,12H2,1H3. The zero-order valence-corrected chi connectivity index (χ0v) is 11.5. The van der Waals surface area contributed by atoms with Crippen molar-refractivity contribution in [2.75, 3.05) is 18.1 Å². The summed E-state index contributed by atoms with van der Waals surface area (Å²) < 4.78 is 5.72. The first-order valence-electron chi connectivity index (χ1n) is 6.82. The molecule has 102 valence electrons. The number of hydrogen-bond acceptors (Lipinski definition) is 2. The van der Waals surface area contributed by atoms with Gasteiger partial charge in [0, 0.05) is 5.69 Å². The van der Waals surface area contributed by atoms with E-state index in [-0.39, 0.29) is 5.91 Å². The van der Waals surface area contributed by atoms with E-state index in [4.69, 9.17) is 4.74 Å². The van der Waals surface area contributed by atoms with Gasteiger partial charge in [-0.05, 0) is 36.2 Å². The third-order valence-corrected chi connectivity index (χ3v) is 3.50. The SMILES string of the molecule is Cc1cccc(OCCN2C(=O)Cc3ccccc32)c1. The van der Waals surface area contributed by atoms with E-state index in [0.717, 1.165) is 17.0 Å². The van der Waals surface area contributed by atoms with Crippen LogP contribution in [0.25, 0.3) is 0 Å². The van der Waals surface area contributed by atoms with E-state index in [1.54, 1.807) is 0 Å². The highest BCUT2D eigenvalue weighted by molar-refractivity contribution is 6.01. The van der Waals surface area contributed by atoms with Gasteiger partial charge in [0.2, 0.25) is 5.91 Å². The average molecular weight is 267 g/mol. The molecule has 0 unspecified atom stereocenters. The molecule has 0 aliphatic carbocycles. The Labute approximate surface area is 118 Å². The van der Waals surface area contributed by atoms with Crippen LogP contribution in [-0.2, 0) is 11.2 Å². The van der Waals surface area contributed by atoms with Crippen molar-refractivity contribution >= 4 is 11.6 Å². The van der Waals surface area contributed by atoms with Crippen LogP contribution in [0.5, 0.6) is 5.75 Å². The lowest BCUT2D eigenvalue weighted by molar-refractivity contribution is -0.117. The number of carbonyl (C=O) groups excluding carboxylic acids is 1. The normalized spacial score (nSPS) is 13.4. The molecule has 0 radical (unpaired) electrons. The van der Waals surface area contributed by atoms with Crippen molar-refractivity contribution in [1.82, 2.24) is 0 Å². The van der Waals surface area contributed by atoms with Crippen LogP contribution in [0.2, 0.25) is 0 Å². The van der Waals surface area contributed by atoms with Gasteiger partial charge in [-0.3, -0.25) is 4.79 Å². The lowest BCUT2D eigenvalue weighted by Gasteiger charge is -2.17. The molecule has 0 bridgehead atoms. The lowest BCUT2D eigenvalue weighted by Crippen LogP contribution is -2.31. The first-order valence-corrected chi connectivity index (χ1v) is 6.82. The van der Waals surface area contributed by atoms with Crippen molar-refractivity contribution in [3.05, 3.63) is 59.7 Å². The highest BCUT2D eigenvalue weighted by atomic mass is 16.5. The van der Waals surface area contributed by atoms with Gasteiger partial charge in [0.25, 0.3) is 0 Å². The molecule has 20 heavy (non-hydrogen) atoms. The van der Waals surface area contributed by atoms with Crippen LogP contribution in [-0.4, -0.2) is 19.1 Å². The molecule has 2 aromatic rings. The molecule has 0 atom stereocenters. The van der Waals surface area contributed by atoms with Crippen LogP contribution in [0.15, 0.2) is 48.5 Å². The lowest BCUT2D eigenvalue weighted by atomic mass is 10.2. The number of carbonyl (C=O) groups is 1. The number of nitrogens with zero attached hydrogens (tertiary/aromatic N) is 1. The van der Waals surface area contributed by atoms with Crippen LogP contribution in [0.4, 0.5) is 5.69 Å². The molecule has 3 nitrogen and oxygen atoms in total. The second-order valence-corrected chi connectivity index (χ2v) is 5.02. The predicted molar refractivity (Wildman–Crippen MR) is 79.2 cm³/mol. The van der Waals surface area contributed by atoms with E-state index in [0.29, 0.717) is 19.6 Å². The van der Waals surface area contributed by atoms with Crippen LogP contribution in [0.3, 0.4) is 0 Å². The molecular weight excluding hydrogens is 250 g/mol. The minimum atomic E-state index is 0.152. The zero-order chi connectivity index (χ0) is 13.9. The van der Waals surface area contributed by atoms with E-state index >= 15 is 0 Å².